The summed E-state index contributed by atoms with van der Waals surface area (Å²) in [6.45, 7) is 1.17. The summed E-state index contributed by atoms with van der Waals surface area (Å²) in [6.07, 6.45) is 1.94. The Morgan fingerprint density at radius 3 is 2.46 bits per heavy atom. The Balaban J connectivity index is 1.79. The van der Waals surface area contributed by atoms with Crippen LogP contribution in [0.15, 0.2) is 24.3 Å². The van der Waals surface area contributed by atoms with Gasteiger partial charge in [0.25, 0.3) is 0 Å². The van der Waals surface area contributed by atoms with Crippen molar-refractivity contribution in [2.75, 3.05) is 32.4 Å². The molecule has 26 heavy (non-hydrogen) atoms. The van der Waals surface area contributed by atoms with E-state index in [-0.39, 0.29) is 30.5 Å². The lowest BCUT2D eigenvalue weighted by molar-refractivity contribution is -0.147. The Morgan fingerprint density at radius 1 is 1.19 bits per heavy atom. The molecule has 3 rings (SSSR count). The molecule has 1 unspecified atom stereocenters. The van der Waals surface area contributed by atoms with Gasteiger partial charge in [-0.05, 0) is 18.9 Å². The Labute approximate surface area is 152 Å². The second-order valence-corrected chi connectivity index (χ2v) is 8.67. The molecule has 1 aromatic carbocycles. The van der Waals surface area contributed by atoms with Crippen molar-refractivity contribution in [2.45, 2.75) is 18.9 Å². The van der Waals surface area contributed by atoms with Crippen molar-refractivity contribution in [3.63, 3.8) is 0 Å². The Kier molecular flexibility index (Phi) is 5.29. The van der Waals surface area contributed by atoms with Crippen LogP contribution in [-0.2, 0) is 19.6 Å². The third-order valence-electron chi connectivity index (χ3n) is 4.97. The number of rotatable bonds is 3. The van der Waals surface area contributed by atoms with E-state index in [9.17, 15) is 22.4 Å². The lowest BCUT2D eigenvalue weighted by atomic mass is 9.93. The molecule has 2 heterocycles. The van der Waals surface area contributed by atoms with Crippen LogP contribution in [-0.4, -0.2) is 61.9 Å². The zero-order valence-corrected chi connectivity index (χ0v) is 15.3. The van der Waals surface area contributed by atoms with Gasteiger partial charge in [0, 0.05) is 37.7 Å². The number of amides is 2. The maximum atomic E-state index is 14.2. The predicted molar refractivity (Wildman–Crippen MR) is 93.0 cm³/mol. The Morgan fingerprint density at radius 2 is 1.85 bits per heavy atom. The average Bonchev–Trinajstić information content (AvgIpc) is 2.61. The van der Waals surface area contributed by atoms with Crippen LogP contribution in [0, 0.1) is 11.7 Å². The minimum atomic E-state index is -3.27. The number of benzene rings is 1. The first-order valence-corrected chi connectivity index (χ1v) is 10.4. The summed E-state index contributed by atoms with van der Waals surface area (Å²) in [6, 6.07) is 4.95. The normalized spacial score (nSPS) is 22.9. The molecular weight excluding hydrogens is 361 g/mol. The van der Waals surface area contributed by atoms with E-state index in [0.29, 0.717) is 25.9 Å². The third-order valence-corrected chi connectivity index (χ3v) is 6.27. The number of nitrogens with zero attached hydrogens (tertiary/aromatic N) is 2. The molecule has 2 aliphatic rings. The molecule has 0 bridgehead atoms. The van der Waals surface area contributed by atoms with Crippen molar-refractivity contribution >= 4 is 21.8 Å². The van der Waals surface area contributed by atoms with E-state index in [1.807, 2.05) is 0 Å². The highest BCUT2D eigenvalue weighted by atomic mass is 32.2. The van der Waals surface area contributed by atoms with Gasteiger partial charge in [-0.2, -0.15) is 0 Å². The quantitative estimate of drug-likeness (QED) is 0.823. The van der Waals surface area contributed by atoms with Gasteiger partial charge in [-0.1, -0.05) is 18.2 Å². The fourth-order valence-electron chi connectivity index (χ4n) is 3.58. The second kappa shape index (κ2) is 7.32. The van der Waals surface area contributed by atoms with Gasteiger partial charge in [-0.3, -0.25) is 9.59 Å². The van der Waals surface area contributed by atoms with E-state index in [2.05, 4.69) is 5.32 Å². The molecule has 2 fully saturated rings. The van der Waals surface area contributed by atoms with Crippen molar-refractivity contribution in [1.82, 2.24) is 14.5 Å². The van der Waals surface area contributed by atoms with Crippen LogP contribution in [0.2, 0.25) is 0 Å². The zero-order chi connectivity index (χ0) is 18.9. The second-order valence-electron chi connectivity index (χ2n) is 6.68. The lowest BCUT2D eigenvalue weighted by Gasteiger charge is -2.39. The molecule has 142 valence electrons. The zero-order valence-electron chi connectivity index (χ0n) is 14.5. The van der Waals surface area contributed by atoms with Crippen LogP contribution in [0.25, 0.3) is 0 Å². The van der Waals surface area contributed by atoms with E-state index >= 15 is 0 Å². The first-order valence-electron chi connectivity index (χ1n) is 8.57. The van der Waals surface area contributed by atoms with E-state index in [0.717, 1.165) is 6.26 Å². The topological polar surface area (TPSA) is 86.8 Å². The summed E-state index contributed by atoms with van der Waals surface area (Å²) < 4.78 is 38.8. The van der Waals surface area contributed by atoms with Crippen LogP contribution >= 0.6 is 0 Å². The van der Waals surface area contributed by atoms with Crippen LogP contribution in [0.5, 0.6) is 0 Å². The van der Waals surface area contributed by atoms with Gasteiger partial charge in [0.2, 0.25) is 21.8 Å². The molecule has 0 radical (unpaired) electrons. The number of sulfonamides is 1. The first-order chi connectivity index (χ1) is 12.3. The number of hydrogen-bond acceptors (Lipinski definition) is 4. The molecule has 7 nitrogen and oxygen atoms in total. The number of nitrogens with one attached hydrogen (secondary N) is 1. The largest absolute Gasteiger partial charge is 0.352 e. The summed E-state index contributed by atoms with van der Waals surface area (Å²) in [4.78, 5) is 26.8. The summed E-state index contributed by atoms with van der Waals surface area (Å²) in [5.41, 5.74) is 0.173. The minimum Gasteiger partial charge on any atom is -0.352 e. The van der Waals surface area contributed by atoms with Gasteiger partial charge < -0.3 is 10.2 Å². The van der Waals surface area contributed by atoms with E-state index in [1.54, 1.807) is 6.07 Å². The Hall–Kier alpha value is -2.00. The molecule has 1 atom stereocenters. The van der Waals surface area contributed by atoms with Gasteiger partial charge in [-0.25, -0.2) is 17.1 Å². The molecule has 0 spiro atoms. The molecule has 0 aliphatic carbocycles. The standard InChI is InChI=1S/C17H22FN3O4S/c1-26(24,25)20-9-6-12(7-10-20)17(23)21-11-8-19-16(22)15(21)13-4-2-3-5-14(13)18/h2-5,12,15H,6-11H2,1H3,(H,19,22). The smallest absolute Gasteiger partial charge is 0.247 e. The fraction of sp³-hybridized carbons (Fsp3) is 0.529. The molecule has 2 amide bonds. The van der Waals surface area contributed by atoms with Crippen molar-refractivity contribution < 1.29 is 22.4 Å². The molecule has 9 heteroatoms. The highest BCUT2D eigenvalue weighted by Gasteiger charge is 2.39. The summed E-state index contributed by atoms with van der Waals surface area (Å²) in [5, 5.41) is 2.69. The lowest BCUT2D eigenvalue weighted by Crippen LogP contribution is -2.54. The average molecular weight is 383 g/mol. The monoisotopic (exact) mass is 383 g/mol. The number of hydrogen-bond donors (Lipinski definition) is 1. The molecule has 0 aromatic heterocycles. The van der Waals surface area contributed by atoms with Gasteiger partial charge in [0.05, 0.1) is 6.26 Å². The van der Waals surface area contributed by atoms with E-state index in [4.69, 9.17) is 0 Å². The first kappa shape index (κ1) is 18.8. The highest BCUT2D eigenvalue weighted by Crippen LogP contribution is 2.30. The summed E-state index contributed by atoms with van der Waals surface area (Å²) in [5.74, 6) is -1.52. The van der Waals surface area contributed by atoms with Gasteiger partial charge in [0.1, 0.15) is 11.9 Å². The van der Waals surface area contributed by atoms with Crippen LogP contribution in [0.1, 0.15) is 24.4 Å². The molecule has 0 saturated carbocycles. The number of halogens is 1. The van der Waals surface area contributed by atoms with Crippen LogP contribution in [0.3, 0.4) is 0 Å². The van der Waals surface area contributed by atoms with Crippen molar-refractivity contribution in [3.8, 4) is 0 Å². The molecule has 2 saturated heterocycles. The fourth-order valence-corrected chi connectivity index (χ4v) is 4.45. The van der Waals surface area contributed by atoms with E-state index < -0.39 is 27.8 Å². The maximum Gasteiger partial charge on any atom is 0.247 e. The van der Waals surface area contributed by atoms with Crippen LogP contribution in [0.4, 0.5) is 4.39 Å². The molecule has 2 aliphatic heterocycles. The minimum absolute atomic E-state index is 0.173. The maximum absolute atomic E-state index is 14.2. The molecule has 1 N–H and O–H groups in total. The number of carbonyl (C=O) groups excluding carboxylic acids is 2. The predicted octanol–water partition coefficient (Wildman–Crippen LogP) is 0.497. The number of piperidine rings is 1. The number of carbonyl (C=O) groups is 2. The van der Waals surface area contributed by atoms with Gasteiger partial charge in [-0.15, -0.1) is 0 Å². The number of piperazine rings is 1. The van der Waals surface area contributed by atoms with Gasteiger partial charge >= 0.3 is 0 Å². The summed E-state index contributed by atoms with van der Waals surface area (Å²) in [7, 11) is -3.27. The van der Waals surface area contributed by atoms with Crippen molar-refractivity contribution in [3.05, 3.63) is 35.6 Å². The van der Waals surface area contributed by atoms with E-state index in [1.165, 1.54) is 27.4 Å². The summed E-state index contributed by atoms with van der Waals surface area (Å²) >= 11 is 0. The van der Waals surface area contributed by atoms with Crippen molar-refractivity contribution in [2.24, 2.45) is 5.92 Å². The highest BCUT2D eigenvalue weighted by molar-refractivity contribution is 7.88. The third kappa shape index (κ3) is 3.73. The van der Waals surface area contributed by atoms with Gasteiger partial charge in [0.15, 0.2) is 0 Å². The Bertz CT molecular complexity index is 806. The van der Waals surface area contributed by atoms with Crippen LogP contribution < -0.4 is 5.32 Å². The van der Waals surface area contributed by atoms with Crippen molar-refractivity contribution in [1.29, 1.82) is 0 Å². The SMILES string of the molecule is CS(=O)(=O)N1CCC(C(=O)N2CCNC(=O)C2c2ccccc2F)CC1. The molecular formula is C17H22FN3O4S. The molecule has 1 aromatic rings.